The van der Waals surface area contributed by atoms with Gasteiger partial charge >= 0.3 is 0 Å². The highest BCUT2D eigenvalue weighted by molar-refractivity contribution is 5.71. The molecule has 0 fully saturated rings. The van der Waals surface area contributed by atoms with E-state index in [0.29, 0.717) is 22.5 Å². The third-order valence-electron chi connectivity index (χ3n) is 3.45. The Kier molecular flexibility index (Phi) is 4.04. The van der Waals surface area contributed by atoms with Crippen LogP contribution < -0.4 is 5.73 Å². The summed E-state index contributed by atoms with van der Waals surface area (Å²) in [5.41, 5.74) is 7.35. The second-order valence-electron chi connectivity index (χ2n) is 5.11. The summed E-state index contributed by atoms with van der Waals surface area (Å²) in [5, 5.41) is 21.9. The van der Waals surface area contributed by atoms with Crippen molar-refractivity contribution in [1.29, 1.82) is 0 Å². The van der Waals surface area contributed by atoms with E-state index in [9.17, 15) is 20.2 Å². The molecule has 0 amide bonds. The Bertz CT molecular complexity index is 914. The van der Waals surface area contributed by atoms with E-state index < -0.39 is 9.85 Å². The number of aromatic nitrogens is 2. The Balaban J connectivity index is 2.10. The first kappa shape index (κ1) is 16.0. The van der Waals surface area contributed by atoms with Gasteiger partial charge in [-0.05, 0) is 6.07 Å². The zero-order chi connectivity index (χ0) is 18.0. The molecular formula is C16H11N5O4. The highest BCUT2D eigenvalue weighted by Gasteiger charge is 2.13. The maximum absolute atomic E-state index is 10.9. The summed E-state index contributed by atoms with van der Waals surface area (Å²) in [4.78, 5) is 29.0. The smallest absolute Gasteiger partial charge is 0.270 e. The maximum atomic E-state index is 10.9. The number of rotatable bonds is 4. The van der Waals surface area contributed by atoms with Gasteiger partial charge in [0.05, 0.1) is 21.2 Å². The lowest BCUT2D eigenvalue weighted by Crippen LogP contribution is -1.99. The van der Waals surface area contributed by atoms with Gasteiger partial charge in [0.15, 0.2) is 0 Å². The van der Waals surface area contributed by atoms with Crippen molar-refractivity contribution in [2.45, 2.75) is 0 Å². The lowest BCUT2D eigenvalue weighted by Gasteiger charge is -2.06. The number of nitro benzene ring substituents is 2. The van der Waals surface area contributed by atoms with Crippen molar-refractivity contribution in [3.05, 3.63) is 74.8 Å². The van der Waals surface area contributed by atoms with E-state index in [4.69, 9.17) is 5.73 Å². The molecule has 0 saturated heterocycles. The van der Waals surface area contributed by atoms with Gasteiger partial charge in [-0.3, -0.25) is 20.2 Å². The van der Waals surface area contributed by atoms with Crippen LogP contribution in [0.4, 0.5) is 17.3 Å². The first-order valence-electron chi connectivity index (χ1n) is 7.08. The molecular weight excluding hydrogens is 326 g/mol. The number of anilines is 1. The van der Waals surface area contributed by atoms with Gasteiger partial charge in [-0.25, -0.2) is 9.97 Å². The summed E-state index contributed by atoms with van der Waals surface area (Å²) in [6, 6.07) is 13.5. The Labute approximate surface area is 141 Å². The number of nitrogens with two attached hydrogens (primary N) is 1. The predicted octanol–water partition coefficient (Wildman–Crippen LogP) is 3.21. The van der Waals surface area contributed by atoms with Crippen LogP contribution in [0.1, 0.15) is 0 Å². The fraction of sp³-hybridized carbons (Fsp3) is 0. The van der Waals surface area contributed by atoms with Crippen LogP contribution in [0.15, 0.2) is 54.6 Å². The summed E-state index contributed by atoms with van der Waals surface area (Å²) in [6.07, 6.45) is 0. The van der Waals surface area contributed by atoms with Crippen LogP contribution in [0.2, 0.25) is 0 Å². The molecule has 2 aromatic carbocycles. The van der Waals surface area contributed by atoms with Crippen molar-refractivity contribution in [2.24, 2.45) is 0 Å². The van der Waals surface area contributed by atoms with Crippen LogP contribution in [0, 0.1) is 20.2 Å². The number of hydrogen-bond acceptors (Lipinski definition) is 7. The van der Waals surface area contributed by atoms with Crippen LogP contribution in [-0.2, 0) is 0 Å². The minimum Gasteiger partial charge on any atom is -0.368 e. The van der Waals surface area contributed by atoms with E-state index in [2.05, 4.69) is 9.97 Å². The Hall–Kier alpha value is -3.88. The first-order chi connectivity index (χ1) is 11.9. The lowest BCUT2D eigenvalue weighted by atomic mass is 10.1. The standard InChI is InChI=1S/C16H11N5O4/c17-16-18-14(10-3-1-5-12(7-10)20(22)23)9-15(19-16)11-4-2-6-13(8-11)21(24)25/h1-9H,(H2,17,18,19). The number of nitrogen functional groups attached to an aromatic ring is 1. The number of hydrogen-bond donors (Lipinski definition) is 1. The average molecular weight is 337 g/mol. The molecule has 0 saturated carbocycles. The molecule has 124 valence electrons. The van der Waals surface area contributed by atoms with E-state index in [1.54, 1.807) is 30.3 Å². The van der Waals surface area contributed by atoms with Crippen LogP contribution >= 0.6 is 0 Å². The van der Waals surface area contributed by atoms with Crippen LogP contribution in [0.25, 0.3) is 22.5 Å². The first-order valence-corrected chi connectivity index (χ1v) is 7.08. The van der Waals surface area contributed by atoms with Gasteiger partial charge < -0.3 is 5.73 Å². The monoisotopic (exact) mass is 337 g/mol. The van der Waals surface area contributed by atoms with Gasteiger partial charge in [0, 0.05) is 35.4 Å². The van der Waals surface area contributed by atoms with Crippen molar-refractivity contribution in [2.75, 3.05) is 5.73 Å². The van der Waals surface area contributed by atoms with E-state index in [-0.39, 0.29) is 17.3 Å². The SMILES string of the molecule is Nc1nc(-c2cccc([N+](=O)[O-])c2)cc(-c2cccc([N+](=O)[O-])c2)n1. The Morgan fingerprint density at radius 2 is 1.20 bits per heavy atom. The molecule has 0 radical (unpaired) electrons. The van der Waals surface area contributed by atoms with Crippen molar-refractivity contribution in [1.82, 2.24) is 9.97 Å². The van der Waals surface area contributed by atoms with Gasteiger partial charge in [-0.1, -0.05) is 24.3 Å². The molecule has 0 atom stereocenters. The molecule has 3 rings (SSSR count). The van der Waals surface area contributed by atoms with Crippen LogP contribution in [-0.4, -0.2) is 19.8 Å². The molecule has 0 bridgehead atoms. The molecule has 0 aliphatic rings. The summed E-state index contributed by atoms with van der Waals surface area (Å²) in [7, 11) is 0. The molecule has 1 heterocycles. The van der Waals surface area contributed by atoms with Crippen molar-refractivity contribution in [3.63, 3.8) is 0 Å². The number of nitrogens with zero attached hydrogens (tertiary/aromatic N) is 4. The van der Waals surface area contributed by atoms with Gasteiger partial charge in [-0.15, -0.1) is 0 Å². The normalized spacial score (nSPS) is 10.4. The fourth-order valence-electron chi connectivity index (χ4n) is 2.32. The van der Waals surface area contributed by atoms with Crippen LogP contribution in [0.3, 0.4) is 0 Å². The second-order valence-corrected chi connectivity index (χ2v) is 5.11. The maximum Gasteiger partial charge on any atom is 0.270 e. The summed E-state index contributed by atoms with van der Waals surface area (Å²) in [6.45, 7) is 0. The second kappa shape index (κ2) is 6.32. The number of non-ortho nitro benzene ring substituents is 2. The molecule has 0 aliphatic carbocycles. The molecule has 0 spiro atoms. The highest BCUT2D eigenvalue weighted by atomic mass is 16.6. The Morgan fingerprint density at radius 3 is 1.60 bits per heavy atom. The molecule has 1 aromatic heterocycles. The third-order valence-corrected chi connectivity index (χ3v) is 3.45. The predicted molar refractivity (Wildman–Crippen MR) is 90.6 cm³/mol. The quantitative estimate of drug-likeness (QED) is 0.569. The highest BCUT2D eigenvalue weighted by Crippen LogP contribution is 2.28. The van der Waals surface area contributed by atoms with Gasteiger partial charge in [0.25, 0.3) is 11.4 Å². The zero-order valence-corrected chi connectivity index (χ0v) is 12.7. The van der Waals surface area contributed by atoms with E-state index in [1.807, 2.05) is 0 Å². The number of benzene rings is 2. The molecule has 25 heavy (non-hydrogen) atoms. The van der Waals surface area contributed by atoms with Crippen LogP contribution in [0.5, 0.6) is 0 Å². The zero-order valence-electron chi connectivity index (χ0n) is 12.7. The summed E-state index contributed by atoms with van der Waals surface area (Å²) >= 11 is 0. The van der Waals surface area contributed by atoms with E-state index in [0.717, 1.165) is 0 Å². The van der Waals surface area contributed by atoms with E-state index in [1.165, 1.54) is 24.3 Å². The molecule has 0 aliphatic heterocycles. The lowest BCUT2D eigenvalue weighted by molar-refractivity contribution is -0.385. The molecule has 9 nitrogen and oxygen atoms in total. The van der Waals surface area contributed by atoms with E-state index >= 15 is 0 Å². The summed E-state index contributed by atoms with van der Waals surface area (Å²) < 4.78 is 0. The molecule has 0 unspecified atom stereocenters. The van der Waals surface area contributed by atoms with Gasteiger partial charge in [-0.2, -0.15) is 0 Å². The van der Waals surface area contributed by atoms with Crippen molar-refractivity contribution >= 4 is 17.3 Å². The fourth-order valence-corrected chi connectivity index (χ4v) is 2.32. The largest absolute Gasteiger partial charge is 0.368 e. The summed E-state index contributed by atoms with van der Waals surface area (Å²) in [5.74, 6) is -0.0366. The molecule has 2 N–H and O–H groups in total. The van der Waals surface area contributed by atoms with Crippen molar-refractivity contribution in [3.8, 4) is 22.5 Å². The van der Waals surface area contributed by atoms with Gasteiger partial charge in [0.1, 0.15) is 0 Å². The number of nitro groups is 2. The minimum atomic E-state index is -0.504. The Morgan fingerprint density at radius 1 is 0.760 bits per heavy atom. The van der Waals surface area contributed by atoms with Gasteiger partial charge in [0.2, 0.25) is 5.95 Å². The minimum absolute atomic E-state index is 0.0366. The van der Waals surface area contributed by atoms with Crippen molar-refractivity contribution < 1.29 is 9.85 Å². The topological polar surface area (TPSA) is 138 Å². The average Bonchev–Trinajstić information content (AvgIpc) is 2.61. The molecule has 3 aromatic rings. The molecule has 9 heteroatoms. The third kappa shape index (κ3) is 3.39.